The quantitative estimate of drug-likeness (QED) is 0.0262. The number of esters is 3. The van der Waals surface area contributed by atoms with Crippen LogP contribution in [-0.2, 0) is 28.6 Å². The first-order valence-corrected chi connectivity index (χ1v) is 29.1. The molecule has 0 aromatic rings. The Morgan fingerprint density at radius 1 is 0.299 bits per heavy atom. The lowest BCUT2D eigenvalue weighted by atomic mass is 10.1. The summed E-state index contributed by atoms with van der Waals surface area (Å²) in [5.41, 5.74) is 0. The monoisotopic (exact) mass is 939 g/mol. The fourth-order valence-corrected chi connectivity index (χ4v) is 8.35. The van der Waals surface area contributed by atoms with Crippen molar-refractivity contribution >= 4 is 17.9 Å². The van der Waals surface area contributed by atoms with Crippen LogP contribution in [0.3, 0.4) is 0 Å². The fourth-order valence-electron chi connectivity index (χ4n) is 8.35. The van der Waals surface area contributed by atoms with Gasteiger partial charge in [0.2, 0.25) is 0 Å². The number of hydrogen-bond acceptors (Lipinski definition) is 6. The van der Waals surface area contributed by atoms with Crippen LogP contribution in [0.25, 0.3) is 0 Å². The van der Waals surface area contributed by atoms with Crippen molar-refractivity contribution in [2.24, 2.45) is 0 Å². The second-order valence-corrected chi connectivity index (χ2v) is 19.5. The summed E-state index contributed by atoms with van der Waals surface area (Å²) in [6, 6.07) is 0. The number of hydrogen-bond donors (Lipinski definition) is 0. The first kappa shape index (κ1) is 64.4. The second-order valence-electron chi connectivity index (χ2n) is 19.5. The number of carbonyl (C=O) groups excluding carboxylic acids is 3. The Bertz CT molecular complexity index is 1170. The highest BCUT2D eigenvalue weighted by atomic mass is 16.6. The summed E-state index contributed by atoms with van der Waals surface area (Å²) >= 11 is 0. The first-order chi connectivity index (χ1) is 33.0. The third kappa shape index (κ3) is 54.2. The van der Waals surface area contributed by atoms with Crippen molar-refractivity contribution in [3.05, 3.63) is 48.6 Å². The van der Waals surface area contributed by atoms with Crippen LogP contribution < -0.4 is 0 Å². The Kier molecular flexibility index (Phi) is 53.8. The topological polar surface area (TPSA) is 78.9 Å². The van der Waals surface area contributed by atoms with E-state index in [2.05, 4.69) is 69.4 Å². The van der Waals surface area contributed by atoms with Gasteiger partial charge in [-0.05, 0) is 103 Å². The highest BCUT2D eigenvalue weighted by molar-refractivity contribution is 5.71. The van der Waals surface area contributed by atoms with Gasteiger partial charge in [0, 0.05) is 19.3 Å². The van der Waals surface area contributed by atoms with Crippen LogP contribution in [0, 0.1) is 0 Å². The van der Waals surface area contributed by atoms with E-state index >= 15 is 0 Å². The Balaban J connectivity index is 4.37. The molecule has 0 aliphatic rings. The Morgan fingerprint density at radius 3 is 0.881 bits per heavy atom. The van der Waals surface area contributed by atoms with E-state index in [0.717, 1.165) is 70.6 Å². The van der Waals surface area contributed by atoms with Gasteiger partial charge < -0.3 is 14.2 Å². The van der Waals surface area contributed by atoms with E-state index in [9.17, 15) is 14.4 Å². The summed E-state index contributed by atoms with van der Waals surface area (Å²) in [4.78, 5) is 38.2. The van der Waals surface area contributed by atoms with Crippen LogP contribution in [-0.4, -0.2) is 37.2 Å². The normalized spacial score (nSPS) is 12.3. The number of carbonyl (C=O) groups is 3. The molecule has 0 aromatic heterocycles. The van der Waals surface area contributed by atoms with Crippen molar-refractivity contribution in [1.29, 1.82) is 0 Å². The van der Waals surface area contributed by atoms with Crippen molar-refractivity contribution in [1.82, 2.24) is 0 Å². The van der Waals surface area contributed by atoms with Crippen LogP contribution in [0.5, 0.6) is 0 Å². The lowest BCUT2D eigenvalue weighted by Gasteiger charge is -2.18. The van der Waals surface area contributed by atoms with Gasteiger partial charge in [-0.15, -0.1) is 0 Å². The molecule has 0 rings (SSSR count). The maximum Gasteiger partial charge on any atom is 0.306 e. The lowest BCUT2D eigenvalue weighted by molar-refractivity contribution is -0.167. The summed E-state index contributed by atoms with van der Waals surface area (Å²) in [5.74, 6) is -0.882. The molecule has 0 N–H and O–H groups in total. The highest BCUT2D eigenvalue weighted by Crippen LogP contribution is 2.15. The minimum Gasteiger partial charge on any atom is -0.462 e. The maximum atomic E-state index is 12.9. The lowest BCUT2D eigenvalue weighted by Crippen LogP contribution is -2.30. The zero-order chi connectivity index (χ0) is 48.6. The molecule has 0 bridgehead atoms. The predicted molar refractivity (Wildman–Crippen MR) is 289 cm³/mol. The third-order valence-corrected chi connectivity index (χ3v) is 12.8. The smallest absolute Gasteiger partial charge is 0.306 e. The first-order valence-electron chi connectivity index (χ1n) is 29.1. The van der Waals surface area contributed by atoms with E-state index in [1.807, 2.05) is 0 Å². The molecule has 0 aromatic carbocycles. The molecule has 0 amide bonds. The Hall–Kier alpha value is -2.63. The molecule has 6 nitrogen and oxygen atoms in total. The fraction of sp³-hybridized carbons (Fsp3) is 0.820. The van der Waals surface area contributed by atoms with Gasteiger partial charge in [-0.1, -0.05) is 230 Å². The highest BCUT2D eigenvalue weighted by Gasteiger charge is 2.19. The molecule has 0 fully saturated rings. The molecule has 0 heterocycles. The van der Waals surface area contributed by atoms with E-state index < -0.39 is 6.10 Å². The van der Waals surface area contributed by atoms with Crippen molar-refractivity contribution in [3.63, 3.8) is 0 Å². The zero-order valence-corrected chi connectivity index (χ0v) is 44.7. The van der Waals surface area contributed by atoms with E-state index in [-0.39, 0.29) is 31.1 Å². The van der Waals surface area contributed by atoms with E-state index in [4.69, 9.17) is 14.2 Å². The third-order valence-electron chi connectivity index (χ3n) is 12.8. The van der Waals surface area contributed by atoms with E-state index in [0.29, 0.717) is 19.3 Å². The average Bonchev–Trinajstić information content (AvgIpc) is 3.33. The molecule has 0 unspecified atom stereocenters. The summed E-state index contributed by atoms with van der Waals surface area (Å²) in [6.45, 7) is 6.61. The number of ether oxygens (including phenoxy) is 3. The Labute approximate surface area is 416 Å². The molecule has 0 aliphatic carbocycles. The van der Waals surface area contributed by atoms with E-state index in [1.54, 1.807) is 0 Å². The van der Waals surface area contributed by atoms with Crippen molar-refractivity contribution in [3.8, 4) is 0 Å². The van der Waals surface area contributed by atoms with Gasteiger partial charge >= 0.3 is 17.9 Å². The summed E-state index contributed by atoms with van der Waals surface area (Å²) in [6.07, 6.45) is 68.1. The summed E-state index contributed by atoms with van der Waals surface area (Å²) in [7, 11) is 0. The van der Waals surface area contributed by atoms with Crippen LogP contribution in [0.4, 0.5) is 0 Å². The molecule has 0 saturated heterocycles. The number of rotatable bonds is 53. The van der Waals surface area contributed by atoms with Gasteiger partial charge in [0.1, 0.15) is 13.2 Å². The SMILES string of the molecule is CCCCC/C=C\C/C=C\CCCCCCCCCCCC(=O)O[C@H](COC(=O)CCCCCCC/C=C\CCCCCCCC)COC(=O)CCCCCCCCC/C=C\CCCCCC. The molecule has 1 atom stereocenters. The van der Waals surface area contributed by atoms with Crippen molar-refractivity contribution in [2.45, 2.75) is 309 Å². The van der Waals surface area contributed by atoms with Gasteiger partial charge in [-0.2, -0.15) is 0 Å². The molecule has 0 spiro atoms. The maximum absolute atomic E-state index is 12.9. The molecule has 67 heavy (non-hydrogen) atoms. The number of unbranched alkanes of at least 4 members (excludes halogenated alkanes) is 34. The van der Waals surface area contributed by atoms with E-state index in [1.165, 1.54) is 193 Å². The molecular weight excluding hydrogens is 829 g/mol. The van der Waals surface area contributed by atoms with Crippen LogP contribution in [0.15, 0.2) is 48.6 Å². The van der Waals surface area contributed by atoms with Crippen LogP contribution in [0.2, 0.25) is 0 Å². The predicted octanol–water partition coefficient (Wildman–Crippen LogP) is 19.4. The summed E-state index contributed by atoms with van der Waals surface area (Å²) < 4.78 is 16.9. The largest absolute Gasteiger partial charge is 0.462 e. The van der Waals surface area contributed by atoms with Gasteiger partial charge in [0.15, 0.2) is 6.10 Å². The molecule has 0 radical (unpaired) electrons. The van der Waals surface area contributed by atoms with Gasteiger partial charge in [0.05, 0.1) is 0 Å². The van der Waals surface area contributed by atoms with Crippen LogP contribution >= 0.6 is 0 Å². The van der Waals surface area contributed by atoms with Crippen LogP contribution in [0.1, 0.15) is 303 Å². The van der Waals surface area contributed by atoms with Gasteiger partial charge in [-0.3, -0.25) is 14.4 Å². The number of allylic oxidation sites excluding steroid dienone is 8. The molecule has 0 aliphatic heterocycles. The minimum atomic E-state index is -0.780. The molecule has 6 heteroatoms. The second kappa shape index (κ2) is 56.0. The van der Waals surface area contributed by atoms with Crippen molar-refractivity contribution in [2.75, 3.05) is 13.2 Å². The average molecular weight is 940 g/mol. The molecule has 390 valence electrons. The minimum absolute atomic E-state index is 0.0781. The standard InChI is InChI=1S/C61H110O6/c1-4-7-10-13-16-19-22-25-28-29-30-31-34-37-40-43-46-49-52-55-61(64)67-58(56-65-59(62)53-50-47-44-41-38-35-32-26-23-20-17-14-11-8-5-2)57-66-60(63)54-51-48-45-42-39-36-33-27-24-21-18-15-12-9-6-3/h16,19-20,23,25,27-28,33,58H,4-15,17-18,21-22,24,26,29-32,34-57H2,1-3H3/b19-16-,23-20-,28-25-,33-27-/t58-/m0/s1. The van der Waals surface area contributed by atoms with Gasteiger partial charge in [-0.25, -0.2) is 0 Å². The van der Waals surface area contributed by atoms with Crippen molar-refractivity contribution < 1.29 is 28.6 Å². The zero-order valence-electron chi connectivity index (χ0n) is 44.7. The molecular formula is C61H110O6. The molecule has 0 saturated carbocycles. The Morgan fingerprint density at radius 2 is 0.537 bits per heavy atom. The van der Waals surface area contributed by atoms with Gasteiger partial charge in [0.25, 0.3) is 0 Å². The summed E-state index contributed by atoms with van der Waals surface area (Å²) in [5, 5.41) is 0.